The van der Waals surface area contributed by atoms with Gasteiger partial charge in [-0.1, -0.05) is 18.2 Å². The molecule has 1 aliphatic heterocycles. The number of carbonyl (C=O) groups excluding carboxylic acids is 2. The highest BCUT2D eigenvalue weighted by molar-refractivity contribution is 7.09. The number of anilines is 1. The largest absolute Gasteiger partial charge is 0.349 e. The van der Waals surface area contributed by atoms with E-state index in [0.29, 0.717) is 25.6 Å². The van der Waals surface area contributed by atoms with Gasteiger partial charge in [-0.15, -0.1) is 11.3 Å². The van der Waals surface area contributed by atoms with Gasteiger partial charge in [0.15, 0.2) is 0 Å². The lowest BCUT2D eigenvalue weighted by molar-refractivity contribution is -0.122. The van der Waals surface area contributed by atoms with Gasteiger partial charge >= 0.3 is 6.03 Å². The van der Waals surface area contributed by atoms with Crippen LogP contribution >= 0.6 is 11.3 Å². The number of rotatable bonds is 4. The van der Waals surface area contributed by atoms with Crippen molar-refractivity contribution in [1.82, 2.24) is 20.2 Å². The number of aromatic nitrogens is 2. The Labute approximate surface area is 154 Å². The molecule has 0 saturated heterocycles. The van der Waals surface area contributed by atoms with Gasteiger partial charge in [0.25, 0.3) is 0 Å². The average Bonchev–Trinajstić information content (AvgIpc) is 3.35. The lowest BCUT2D eigenvalue weighted by Gasteiger charge is -2.19. The van der Waals surface area contributed by atoms with Gasteiger partial charge in [0.2, 0.25) is 11.9 Å². The van der Waals surface area contributed by atoms with Crippen LogP contribution in [0.4, 0.5) is 10.7 Å². The summed E-state index contributed by atoms with van der Waals surface area (Å²) >= 11 is 1.58. The number of fused-ring (bicyclic) bond motifs is 3. The molecule has 4 rings (SSSR count). The molecule has 0 saturated carbocycles. The minimum absolute atomic E-state index is 0.209. The van der Waals surface area contributed by atoms with Crippen molar-refractivity contribution in [3.63, 3.8) is 0 Å². The van der Waals surface area contributed by atoms with E-state index in [-0.39, 0.29) is 11.9 Å². The summed E-state index contributed by atoms with van der Waals surface area (Å²) in [6, 6.07) is 10.8. The van der Waals surface area contributed by atoms with Crippen LogP contribution in [0.5, 0.6) is 0 Å². The molecule has 0 unspecified atom stereocenters. The number of imidazole rings is 1. The van der Waals surface area contributed by atoms with Crippen molar-refractivity contribution in [2.24, 2.45) is 0 Å². The number of hydrogen-bond acceptors (Lipinski definition) is 4. The molecule has 3 heterocycles. The van der Waals surface area contributed by atoms with E-state index in [1.54, 1.807) is 23.2 Å². The molecule has 3 amide bonds. The Balaban J connectivity index is 1.40. The summed E-state index contributed by atoms with van der Waals surface area (Å²) in [5.41, 5.74) is 1.88. The second-order valence-corrected chi connectivity index (χ2v) is 7.20. The van der Waals surface area contributed by atoms with Crippen molar-refractivity contribution in [1.29, 1.82) is 0 Å². The SMILES string of the molecule is C[C@H](NC(=O)N1CCn2c1nc1ccccc12)C(=O)NCc1cccs1. The van der Waals surface area contributed by atoms with Gasteiger partial charge in [0, 0.05) is 18.0 Å². The summed E-state index contributed by atoms with van der Waals surface area (Å²) in [6.45, 7) is 3.39. The highest BCUT2D eigenvalue weighted by Gasteiger charge is 2.29. The van der Waals surface area contributed by atoms with Crippen LogP contribution in [0, 0.1) is 0 Å². The van der Waals surface area contributed by atoms with E-state index in [1.165, 1.54) is 0 Å². The molecule has 7 nitrogen and oxygen atoms in total. The third-order valence-corrected chi connectivity index (χ3v) is 5.29. The molecule has 1 aliphatic rings. The minimum atomic E-state index is -0.624. The first kappa shape index (κ1) is 16.6. The van der Waals surface area contributed by atoms with E-state index >= 15 is 0 Å². The molecule has 0 bridgehead atoms. The molecule has 2 aromatic heterocycles. The van der Waals surface area contributed by atoms with Gasteiger partial charge in [-0.25, -0.2) is 9.78 Å². The molecule has 0 spiro atoms. The summed E-state index contributed by atoms with van der Waals surface area (Å²) in [4.78, 5) is 32.0. The Morgan fingerprint density at radius 1 is 1.23 bits per heavy atom. The second kappa shape index (κ2) is 6.80. The van der Waals surface area contributed by atoms with Gasteiger partial charge < -0.3 is 15.2 Å². The molecule has 0 radical (unpaired) electrons. The summed E-state index contributed by atoms with van der Waals surface area (Å²) in [7, 11) is 0. The quantitative estimate of drug-likeness (QED) is 0.741. The van der Waals surface area contributed by atoms with Crippen LogP contribution in [-0.4, -0.2) is 34.1 Å². The fourth-order valence-electron chi connectivity index (χ4n) is 3.05. The summed E-state index contributed by atoms with van der Waals surface area (Å²) in [6.07, 6.45) is 0. The monoisotopic (exact) mass is 369 g/mol. The number of hydrogen-bond donors (Lipinski definition) is 2. The predicted molar refractivity (Wildman–Crippen MR) is 101 cm³/mol. The van der Waals surface area contributed by atoms with E-state index in [1.807, 2.05) is 46.3 Å². The van der Waals surface area contributed by atoms with Gasteiger partial charge in [-0.3, -0.25) is 9.69 Å². The average molecular weight is 369 g/mol. The maximum Gasteiger partial charge on any atom is 0.324 e. The van der Waals surface area contributed by atoms with E-state index < -0.39 is 6.04 Å². The lowest BCUT2D eigenvalue weighted by Crippen LogP contribution is -2.49. The molecule has 8 heteroatoms. The zero-order valence-electron chi connectivity index (χ0n) is 14.3. The molecule has 134 valence electrons. The molecule has 0 fully saturated rings. The molecular formula is C18H19N5O2S. The van der Waals surface area contributed by atoms with E-state index in [4.69, 9.17) is 0 Å². The molecule has 3 aromatic rings. The van der Waals surface area contributed by atoms with Crippen LogP contribution in [0.1, 0.15) is 11.8 Å². The number of thiophene rings is 1. The minimum Gasteiger partial charge on any atom is -0.349 e. The van der Waals surface area contributed by atoms with Crippen molar-refractivity contribution < 1.29 is 9.59 Å². The number of carbonyl (C=O) groups is 2. The summed E-state index contributed by atoms with van der Waals surface area (Å²) in [5.74, 6) is 0.411. The summed E-state index contributed by atoms with van der Waals surface area (Å²) < 4.78 is 2.02. The standard InChI is InChI=1S/C18H19N5O2S/c1-12(16(24)19-11-13-5-4-10-26-13)20-18(25)23-9-8-22-15-7-3-2-6-14(15)21-17(22)23/h2-7,10,12H,8-9,11H2,1H3,(H,19,24)(H,20,25)/t12-/m0/s1. The van der Waals surface area contributed by atoms with Crippen molar-refractivity contribution in [2.75, 3.05) is 11.4 Å². The molecule has 1 atom stereocenters. The highest BCUT2D eigenvalue weighted by Crippen LogP contribution is 2.27. The Kier molecular flexibility index (Phi) is 4.34. The van der Waals surface area contributed by atoms with Gasteiger partial charge in [-0.05, 0) is 30.5 Å². The second-order valence-electron chi connectivity index (χ2n) is 6.17. The topological polar surface area (TPSA) is 79.3 Å². The van der Waals surface area contributed by atoms with Gasteiger partial charge in [0.05, 0.1) is 17.6 Å². The van der Waals surface area contributed by atoms with Crippen molar-refractivity contribution in [3.8, 4) is 0 Å². The smallest absolute Gasteiger partial charge is 0.324 e. The Bertz CT molecular complexity index is 950. The number of benzene rings is 1. The maximum absolute atomic E-state index is 12.6. The predicted octanol–water partition coefficient (Wildman–Crippen LogP) is 2.33. The van der Waals surface area contributed by atoms with Crippen LogP contribution in [0.2, 0.25) is 0 Å². The number of amides is 3. The number of nitrogens with one attached hydrogen (secondary N) is 2. The summed E-state index contributed by atoms with van der Waals surface area (Å²) in [5, 5.41) is 7.57. The number of urea groups is 1. The van der Waals surface area contributed by atoms with Gasteiger partial charge in [0.1, 0.15) is 6.04 Å². The fraction of sp³-hybridized carbons (Fsp3) is 0.278. The van der Waals surface area contributed by atoms with Gasteiger partial charge in [-0.2, -0.15) is 0 Å². The van der Waals surface area contributed by atoms with E-state index in [2.05, 4.69) is 15.6 Å². The van der Waals surface area contributed by atoms with Crippen molar-refractivity contribution >= 4 is 40.3 Å². The van der Waals surface area contributed by atoms with Crippen molar-refractivity contribution in [2.45, 2.75) is 26.1 Å². The Hall–Kier alpha value is -2.87. The van der Waals surface area contributed by atoms with Crippen molar-refractivity contribution in [3.05, 3.63) is 46.7 Å². The highest BCUT2D eigenvalue weighted by atomic mass is 32.1. The van der Waals surface area contributed by atoms with Crippen LogP contribution in [0.15, 0.2) is 41.8 Å². The van der Waals surface area contributed by atoms with Crippen LogP contribution < -0.4 is 15.5 Å². The first-order chi connectivity index (χ1) is 12.6. The van der Waals surface area contributed by atoms with Crippen LogP contribution in [-0.2, 0) is 17.9 Å². The molecule has 1 aromatic carbocycles. The fourth-order valence-corrected chi connectivity index (χ4v) is 3.70. The maximum atomic E-state index is 12.6. The lowest BCUT2D eigenvalue weighted by atomic mass is 10.3. The third-order valence-electron chi connectivity index (χ3n) is 4.42. The third kappa shape index (κ3) is 3.03. The van der Waals surface area contributed by atoms with E-state index in [9.17, 15) is 9.59 Å². The van der Waals surface area contributed by atoms with Crippen LogP contribution in [0.3, 0.4) is 0 Å². The molecule has 26 heavy (non-hydrogen) atoms. The molecule has 0 aliphatic carbocycles. The molecule has 2 N–H and O–H groups in total. The van der Waals surface area contributed by atoms with E-state index in [0.717, 1.165) is 15.9 Å². The zero-order chi connectivity index (χ0) is 18.1. The Morgan fingerprint density at radius 3 is 2.88 bits per heavy atom. The number of para-hydroxylation sites is 2. The van der Waals surface area contributed by atoms with Crippen LogP contribution in [0.25, 0.3) is 11.0 Å². The zero-order valence-corrected chi connectivity index (χ0v) is 15.1. The number of nitrogens with zero attached hydrogens (tertiary/aromatic N) is 3. The normalized spacial score (nSPS) is 14.3. The first-order valence-electron chi connectivity index (χ1n) is 8.47. The molecular weight excluding hydrogens is 350 g/mol. The Morgan fingerprint density at radius 2 is 2.08 bits per heavy atom. The first-order valence-corrected chi connectivity index (χ1v) is 9.35.